The number of aromatic nitrogens is 4. The molecule has 8 heterocycles. The molecule has 0 radical (unpaired) electrons. The average Bonchev–Trinajstić information content (AvgIpc) is 3.97. The fraction of sp³-hybridized carbons (Fsp3) is 0.422. The second-order valence-electron chi connectivity index (χ2n) is 16.9. The van der Waals surface area contributed by atoms with E-state index in [1.165, 1.54) is 12.0 Å². The molecule has 4 amide bonds. The first kappa shape index (κ1) is 38.9. The summed E-state index contributed by atoms with van der Waals surface area (Å²) in [6, 6.07) is 8.71. The number of nitrogens with one attached hydrogen (secondary N) is 1. The SMILES string of the molecule is COc1cc(N2CCC(n3nc(N4CCCc5cc(-c6cc7nccn7cc6C)c(C(F)F)cc54)c4c3CCN(C(C)=O)C4)CC2)cc2c1C(=O)N(C1CCC(=O)NC1=O)C2. The van der Waals surface area contributed by atoms with E-state index in [-0.39, 0.29) is 48.7 Å². The minimum Gasteiger partial charge on any atom is -0.496 e. The van der Waals surface area contributed by atoms with Gasteiger partial charge in [0.05, 0.1) is 25.3 Å². The Labute approximate surface area is 351 Å². The van der Waals surface area contributed by atoms with Crippen molar-refractivity contribution in [1.82, 2.24) is 34.3 Å². The summed E-state index contributed by atoms with van der Waals surface area (Å²) >= 11 is 0. The molecule has 14 nitrogen and oxygen atoms in total. The van der Waals surface area contributed by atoms with Crippen LogP contribution in [0.3, 0.4) is 0 Å². The number of ether oxygens (including phenoxy) is 1. The first-order chi connectivity index (χ1) is 29.5. The van der Waals surface area contributed by atoms with Crippen molar-refractivity contribution in [2.45, 2.75) is 90.4 Å². The van der Waals surface area contributed by atoms with E-state index in [1.807, 2.05) is 52.9 Å². The highest BCUT2D eigenvalue weighted by Gasteiger charge is 2.42. The number of piperidine rings is 2. The van der Waals surface area contributed by atoms with Gasteiger partial charge in [-0.05, 0) is 91.1 Å². The number of halogens is 2. The highest BCUT2D eigenvalue weighted by Crippen LogP contribution is 2.45. The van der Waals surface area contributed by atoms with Crippen molar-refractivity contribution in [2.24, 2.45) is 0 Å². The number of alkyl halides is 2. The predicted molar refractivity (Wildman–Crippen MR) is 222 cm³/mol. The number of rotatable bonds is 7. The molecule has 2 saturated heterocycles. The Balaban J connectivity index is 0.947. The number of carbonyl (C=O) groups excluding carboxylic acids is 4. The largest absolute Gasteiger partial charge is 0.496 e. The van der Waals surface area contributed by atoms with Gasteiger partial charge in [0.1, 0.15) is 17.4 Å². The first-order valence-electron chi connectivity index (χ1n) is 21.1. The van der Waals surface area contributed by atoms with Crippen molar-refractivity contribution in [3.8, 4) is 16.9 Å². The van der Waals surface area contributed by atoms with Crippen molar-refractivity contribution in [3.63, 3.8) is 0 Å². The first-order valence-corrected chi connectivity index (χ1v) is 21.1. The molecular weight excluding hydrogens is 785 g/mol. The summed E-state index contributed by atoms with van der Waals surface area (Å²) in [7, 11) is 1.54. The van der Waals surface area contributed by atoms with Crippen LogP contribution in [0.15, 0.2) is 48.9 Å². The van der Waals surface area contributed by atoms with E-state index in [4.69, 9.17) is 9.84 Å². The minimum absolute atomic E-state index is 0.0159. The van der Waals surface area contributed by atoms with Gasteiger partial charge in [-0.1, -0.05) is 0 Å². The maximum absolute atomic E-state index is 15.1. The van der Waals surface area contributed by atoms with E-state index in [0.29, 0.717) is 61.7 Å². The Morgan fingerprint density at radius 3 is 2.51 bits per heavy atom. The summed E-state index contributed by atoms with van der Waals surface area (Å²) in [6.07, 6.45) is 6.97. The molecule has 0 spiro atoms. The van der Waals surface area contributed by atoms with Crippen LogP contribution in [0.4, 0.5) is 26.0 Å². The molecule has 316 valence electrons. The number of hydrogen-bond acceptors (Lipinski definition) is 9. The maximum Gasteiger partial charge on any atom is 0.264 e. The molecule has 0 saturated carbocycles. The van der Waals surface area contributed by atoms with Crippen LogP contribution in [0.2, 0.25) is 0 Å². The Morgan fingerprint density at radius 2 is 1.75 bits per heavy atom. The molecule has 5 aromatic rings. The van der Waals surface area contributed by atoms with Gasteiger partial charge in [-0.3, -0.25) is 29.2 Å². The Hall–Kier alpha value is -6.32. The smallest absolute Gasteiger partial charge is 0.264 e. The number of methoxy groups -OCH3 is 1. The van der Waals surface area contributed by atoms with Crippen LogP contribution in [0.5, 0.6) is 5.75 Å². The number of imidazole rings is 1. The molecule has 1 unspecified atom stereocenters. The molecule has 0 bridgehead atoms. The van der Waals surface area contributed by atoms with Gasteiger partial charge in [-0.25, -0.2) is 13.8 Å². The summed E-state index contributed by atoms with van der Waals surface area (Å²) in [6.45, 7) is 6.76. The third kappa shape index (κ3) is 6.57. The number of imide groups is 1. The standard InChI is InChI=1S/C45H47F2N9O5/c1-25-22-53-16-11-48-39(53)21-31(25)32-18-27-5-4-12-54(37(27)20-33(32)42(46)47)43-34-24-52(26(2)57)15-10-35(34)56(50-43)29-8-13-51(14-9-29)30-17-28-23-55(36-6-7-40(58)49-44(36)59)45(60)41(28)38(19-30)61-3/h11,16-22,29,36,42H,4-10,12-15,23-24H2,1-3H3,(H,49,58,59). The number of aryl methyl sites for hydroxylation is 2. The highest BCUT2D eigenvalue weighted by atomic mass is 19.3. The maximum atomic E-state index is 15.1. The summed E-state index contributed by atoms with van der Waals surface area (Å²) in [5, 5.41) is 7.71. The molecule has 0 aliphatic carbocycles. The minimum atomic E-state index is -2.71. The van der Waals surface area contributed by atoms with Gasteiger partial charge in [0.2, 0.25) is 17.7 Å². The van der Waals surface area contributed by atoms with Crippen LogP contribution >= 0.6 is 0 Å². The lowest BCUT2D eigenvalue weighted by molar-refractivity contribution is -0.137. The van der Waals surface area contributed by atoms with Crippen molar-refractivity contribution >= 4 is 46.5 Å². The number of benzene rings is 2. The third-order valence-electron chi connectivity index (χ3n) is 13.4. The van der Waals surface area contributed by atoms with Crippen LogP contribution in [-0.2, 0) is 40.3 Å². The molecule has 10 rings (SSSR count). The number of amides is 4. The third-order valence-corrected chi connectivity index (χ3v) is 13.4. The highest BCUT2D eigenvalue weighted by molar-refractivity contribution is 6.07. The van der Waals surface area contributed by atoms with Crippen LogP contribution in [0.25, 0.3) is 16.8 Å². The van der Waals surface area contributed by atoms with E-state index in [0.717, 1.165) is 76.4 Å². The van der Waals surface area contributed by atoms with E-state index < -0.39 is 18.4 Å². The fourth-order valence-electron chi connectivity index (χ4n) is 10.2. The van der Waals surface area contributed by atoms with Gasteiger partial charge in [0.15, 0.2) is 5.82 Å². The van der Waals surface area contributed by atoms with Crippen LogP contribution in [-0.4, -0.2) is 91.9 Å². The molecule has 5 aliphatic rings. The van der Waals surface area contributed by atoms with Crippen LogP contribution in [0.1, 0.15) is 95.4 Å². The Kier molecular flexibility index (Phi) is 9.55. The molecule has 2 fully saturated rings. The monoisotopic (exact) mass is 831 g/mol. The second-order valence-corrected chi connectivity index (χ2v) is 16.9. The van der Waals surface area contributed by atoms with Gasteiger partial charge in [0.25, 0.3) is 12.3 Å². The van der Waals surface area contributed by atoms with Crippen molar-refractivity contribution in [3.05, 3.63) is 88.0 Å². The lowest BCUT2D eigenvalue weighted by Crippen LogP contribution is -2.52. The number of fused-ring (bicyclic) bond motifs is 4. The topological polar surface area (TPSA) is 138 Å². The van der Waals surface area contributed by atoms with Gasteiger partial charge < -0.3 is 28.7 Å². The van der Waals surface area contributed by atoms with Gasteiger partial charge >= 0.3 is 0 Å². The molecule has 16 heteroatoms. The zero-order valence-corrected chi connectivity index (χ0v) is 34.4. The predicted octanol–water partition coefficient (Wildman–Crippen LogP) is 6.04. The Bertz CT molecular complexity index is 2650. The summed E-state index contributed by atoms with van der Waals surface area (Å²) in [4.78, 5) is 63.0. The lowest BCUT2D eigenvalue weighted by atomic mass is 9.90. The number of pyridine rings is 1. The molecule has 1 N–H and O–H groups in total. The molecule has 5 aliphatic heterocycles. The summed E-state index contributed by atoms with van der Waals surface area (Å²) in [5.74, 6) is 0.0952. The number of anilines is 3. The van der Waals surface area contributed by atoms with Gasteiger partial charge in [-0.2, -0.15) is 5.10 Å². The number of carbonyl (C=O) groups is 4. The molecular formula is C45H47F2N9O5. The zero-order valence-electron chi connectivity index (χ0n) is 34.4. The van der Waals surface area contributed by atoms with Crippen molar-refractivity contribution in [2.75, 3.05) is 43.1 Å². The van der Waals surface area contributed by atoms with Crippen LogP contribution < -0.4 is 19.9 Å². The summed E-state index contributed by atoms with van der Waals surface area (Å²) < 4.78 is 40.0. The normalized spacial score (nSPS) is 19.4. The van der Waals surface area contributed by atoms with E-state index in [2.05, 4.69) is 24.8 Å². The number of hydrogen-bond donors (Lipinski definition) is 1. The van der Waals surface area contributed by atoms with E-state index in [9.17, 15) is 19.2 Å². The van der Waals surface area contributed by atoms with E-state index in [1.54, 1.807) is 19.2 Å². The fourth-order valence-corrected chi connectivity index (χ4v) is 10.2. The average molecular weight is 832 g/mol. The van der Waals surface area contributed by atoms with Crippen molar-refractivity contribution in [1.29, 1.82) is 0 Å². The van der Waals surface area contributed by atoms with E-state index >= 15 is 8.78 Å². The molecule has 61 heavy (non-hydrogen) atoms. The zero-order chi connectivity index (χ0) is 42.3. The Morgan fingerprint density at radius 1 is 0.934 bits per heavy atom. The summed E-state index contributed by atoms with van der Waals surface area (Å²) in [5.41, 5.74) is 8.70. The van der Waals surface area contributed by atoms with Gasteiger partial charge in [0, 0.05) is 105 Å². The number of nitrogens with zero attached hydrogens (tertiary/aromatic N) is 8. The lowest BCUT2D eigenvalue weighted by Gasteiger charge is -2.35. The molecule has 3 aromatic heterocycles. The van der Waals surface area contributed by atoms with Crippen molar-refractivity contribution < 1.29 is 32.7 Å². The van der Waals surface area contributed by atoms with Gasteiger partial charge in [-0.15, -0.1) is 0 Å². The second kappa shape index (κ2) is 15.0. The molecule has 1 atom stereocenters. The van der Waals surface area contributed by atoms with Crippen LogP contribution in [0, 0.1) is 6.92 Å². The molecule has 2 aromatic carbocycles. The quantitative estimate of drug-likeness (QED) is 0.195.